The Bertz CT molecular complexity index is 583. The van der Waals surface area contributed by atoms with Crippen LogP contribution in [0.2, 0.25) is 5.02 Å². The van der Waals surface area contributed by atoms with Gasteiger partial charge in [0.15, 0.2) is 5.96 Å². The molecule has 0 aliphatic heterocycles. The first-order chi connectivity index (χ1) is 13.0. The lowest BCUT2D eigenvalue weighted by molar-refractivity contribution is -0.0504. The summed E-state index contributed by atoms with van der Waals surface area (Å²) in [6.07, 6.45) is 0.975. The second kappa shape index (κ2) is 15.9. The first-order valence-corrected chi connectivity index (χ1v) is 9.27. The molecule has 0 aromatic heterocycles. The predicted molar refractivity (Wildman–Crippen MR) is 120 cm³/mol. The Balaban J connectivity index is 0.00000729. The Labute approximate surface area is 188 Å². The zero-order valence-corrected chi connectivity index (χ0v) is 19.6. The zero-order valence-electron chi connectivity index (χ0n) is 16.5. The van der Waals surface area contributed by atoms with Crippen molar-refractivity contribution in [3.63, 3.8) is 0 Å². The third-order valence-electron chi connectivity index (χ3n) is 3.66. The molecule has 0 bridgehead atoms. The molecule has 0 saturated heterocycles. The van der Waals surface area contributed by atoms with Crippen LogP contribution in [0.3, 0.4) is 0 Å². The number of hydrogen-bond donors (Lipinski definition) is 2. The van der Waals surface area contributed by atoms with E-state index in [4.69, 9.17) is 16.3 Å². The number of nitrogens with zero attached hydrogens (tertiary/aromatic N) is 2. The SMILES string of the molecule is CCNC(=NCc1cc(Cl)ccc1OC(F)F)NCCN(C)CCCOC.I. The first kappa shape index (κ1) is 27.1. The maximum Gasteiger partial charge on any atom is 0.387 e. The molecular weight excluding hydrogens is 505 g/mol. The van der Waals surface area contributed by atoms with Crippen LogP contribution in [0, 0.1) is 0 Å². The van der Waals surface area contributed by atoms with Gasteiger partial charge < -0.3 is 25.0 Å². The standard InChI is InChI=1S/C18H29ClF2N4O2.HI/c1-4-22-18(23-8-10-25(2)9-5-11-26-3)24-13-14-12-15(19)6-7-16(14)27-17(20)21;/h6-7,12,17H,4-5,8-11,13H2,1-3H3,(H2,22,23,24);1H. The van der Waals surface area contributed by atoms with E-state index in [1.54, 1.807) is 13.2 Å². The largest absolute Gasteiger partial charge is 0.434 e. The fraction of sp³-hybridized carbons (Fsp3) is 0.611. The molecule has 6 nitrogen and oxygen atoms in total. The Morgan fingerprint density at radius 2 is 2.04 bits per heavy atom. The van der Waals surface area contributed by atoms with Gasteiger partial charge in [-0.2, -0.15) is 8.78 Å². The lowest BCUT2D eigenvalue weighted by atomic mass is 10.2. The first-order valence-electron chi connectivity index (χ1n) is 8.89. The number of likely N-dealkylation sites (N-methyl/N-ethyl adjacent to an activating group) is 1. The number of nitrogens with one attached hydrogen (secondary N) is 2. The van der Waals surface area contributed by atoms with Gasteiger partial charge in [0.1, 0.15) is 5.75 Å². The van der Waals surface area contributed by atoms with Gasteiger partial charge in [-0.1, -0.05) is 11.6 Å². The lowest BCUT2D eigenvalue weighted by Crippen LogP contribution is -2.41. The van der Waals surface area contributed by atoms with Gasteiger partial charge in [-0.3, -0.25) is 0 Å². The van der Waals surface area contributed by atoms with Crippen molar-refractivity contribution in [2.75, 3.05) is 46.9 Å². The zero-order chi connectivity index (χ0) is 20.1. The Hall–Kier alpha value is -0.910. The molecule has 162 valence electrons. The number of ether oxygens (including phenoxy) is 2. The summed E-state index contributed by atoms with van der Waals surface area (Å²) in [5.41, 5.74) is 0.497. The minimum Gasteiger partial charge on any atom is -0.434 e. The van der Waals surface area contributed by atoms with Crippen molar-refractivity contribution >= 4 is 41.5 Å². The highest BCUT2D eigenvalue weighted by molar-refractivity contribution is 14.0. The van der Waals surface area contributed by atoms with Gasteiger partial charge in [0.2, 0.25) is 0 Å². The Morgan fingerprint density at radius 1 is 1.29 bits per heavy atom. The van der Waals surface area contributed by atoms with Gasteiger partial charge in [-0.25, -0.2) is 4.99 Å². The Kier molecular flexibility index (Phi) is 15.4. The third-order valence-corrected chi connectivity index (χ3v) is 3.90. The molecule has 0 fully saturated rings. The molecule has 28 heavy (non-hydrogen) atoms. The van der Waals surface area contributed by atoms with E-state index >= 15 is 0 Å². The molecule has 2 N–H and O–H groups in total. The topological polar surface area (TPSA) is 58.1 Å². The van der Waals surface area contributed by atoms with Crippen LogP contribution < -0.4 is 15.4 Å². The molecule has 0 heterocycles. The van der Waals surface area contributed by atoms with Crippen LogP contribution in [-0.2, 0) is 11.3 Å². The van der Waals surface area contributed by atoms with Crippen LogP contribution >= 0.6 is 35.6 Å². The number of rotatable bonds is 12. The second-order valence-electron chi connectivity index (χ2n) is 5.90. The number of guanidine groups is 1. The van der Waals surface area contributed by atoms with Gasteiger partial charge >= 0.3 is 6.61 Å². The normalized spacial score (nSPS) is 11.5. The molecule has 10 heteroatoms. The van der Waals surface area contributed by atoms with Crippen LogP contribution in [0.25, 0.3) is 0 Å². The molecule has 0 aliphatic rings. The van der Waals surface area contributed by atoms with Crippen molar-refractivity contribution < 1.29 is 18.3 Å². The average Bonchev–Trinajstić information content (AvgIpc) is 2.61. The quantitative estimate of drug-likeness (QED) is 0.186. The average molecular weight is 535 g/mol. The van der Waals surface area contributed by atoms with Crippen molar-refractivity contribution in [1.82, 2.24) is 15.5 Å². The molecule has 0 radical (unpaired) electrons. The number of hydrogen-bond acceptors (Lipinski definition) is 4. The molecule has 0 unspecified atom stereocenters. The fourth-order valence-corrected chi connectivity index (χ4v) is 2.54. The van der Waals surface area contributed by atoms with Gasteiger partial charge in [0, 0.05) is 50.5 Å². The predicted octanol–water partition coefficient (Wildman–Crippen LogP) is 3.58. The summed E-state index contributed by atoms with van der Waals surface area (Å²) in [4.78, 5) is 6.63. The van der Waals surface area contributed by atoms with Crippen LogP contribution in [0.1, 0.15) is 18.9 Å². The van der Waals surface area contributed by atoms with E-state index in [9.17, 15) is 8.78 Å². The molecule has 1 aromatic rings. The molecule has 0 saturated carbocycles. The Morgan fingerprint density at radius 3 is 2.68 bits per heavy atom. The molecular formula is C18H30ClF2IN4O2. The van der Waals surface area contributed by atoms with Gasteiger partial charge in [0.25, 0.3) is 0 Å². The monoisotopic (exact) mass is 534 g/mol. The van der Waals surface area contributed by atoms with Crippen LogP contribution in [0.5, 0.6) is 5.75 Å². The number of aliphatic imine (C=N–C) groups is 1. The maximum absolute atomic E-state index is 12.5. The van der Waals surface area contributed by atoms with Crippen molar-refractivity contribution in [1.29, 1.82) is 0 Å². The van der Waals surface area contributed by atoms with Crippen molar-refractivity contribution in [3.05, 3.63) is 28.8 Å². The molecule has 1 rings (SSSR count). The summed E-state index contributed by atoms with van der Waals surface area (Å²) < 4.78 is 34.7. The fourth-order valence-electron chi connectivity index (χ4n) is 2.34. The van der Waals surface area contributed by atoms with Crippen LogP contribution in [0.4, 0.5) is 8.78 Å². The summed E-state index contributed by atoms with van der Waals surface area (Å²) in [5, 5.41) is 6.81. The molecule has 0 atom stereocenters. The van der Waals surface area contributed by atoms with Crippen LogP contribution in [-0.4, -0.2) is 64.4 Å². The van der Waals surface area contributed by atoms with E-state index < -0.39 is 6.61 Å². The van der Waals surface area contributed by atoms with Gasteiger partial charge in [0.05, 0.1) is 6.54 Å². The van der Waals surface area contributed by atoms with E-state index in [-0.39, 0.29) is 36.3 Å². The second-order valence-corrected chi connectivity index (χ2v) is 6.34. The molecule has 1 aromatic carbocycles. The third kappa shape index (κ3) is 11.8. The summed E-state index contributed by atoms with van der Waals surface area (Å²) in [6, 6.07) is 4.51. The highest BCUT2D eigenvalue weighted by Gasteiger charge is 2.10. The van der Waals surface area contributed by atoms with Crippen molar-refractivity contribution in [3.8, 4) is 5.75 Å². The maximum atomic E-state index is 12.5. The number of alkyl halides is 2. The highest BCUT2D eigenvalue weighted by atomic mass is 127. The smallest absolute Gasteiger partial charge is 0.387 e. The highest BCUT2D eigenvalue weighted by Crippen LogP contribution is 2.25. The van der Waals surface area contributed by atoms with Gasteiger partial charge in [-0.15, -0.1) is 24.0 Å². The minimum atomic E-state index is -2.89. The van der Waals surface area contributed by atoms with Gasteiger partial charge in [-0.05, 0) is 38.6 Å². The lowest BCUT2D eigenvalue weighted by Gasteiger charge is -2.18. The number of methoxy groups -OCH3 is 1. The summed E-state index contributed by atoms with van der Waals surface area (Å²) in [6.45, 7) is 3.14. The number of benzene rings is 1. The van der Waals surface area contributed by atoms with Crippen LogP contribution in [0.15, 0.2) is 23.2 Å². The molecule has 0 amide bonds. The molecule has 0 aliphatic carbocycles. The van der Waals surface area contributed by atoms with Crippen molar-refractivity contribution in [2.45, 2.75) is 26.5 Å². The summed E-state index contributed by atoms with van der Waals surface area (Å²) >= 11 is 5.96. The van der Waals surface area contributed by atoms with E-state index in [1.165, 1.54) is 12.1 Å². The van der Waals surface area contributed by atoms with E-state index in [1.807, 2.05) is 14.0 Å². The summed E-state index contributed by atoms with van der Waals surface area (Å²) in [7, 11) is 3.74. The number of halogens is 4. The van der Waals surface area contributed by atoms with E-state index in [0.717, 1.165) is 26.1 Å². The summed E-state index contributed by atoms with van der Waals surface area (Å²) in [5.74, 6) is 0.678. The molecule has 0 spiro atoms. The van der Waals surface area contributed by atoms with E-state index in [0.29, 0.717) is 29.6 Å². The minimum absolute atomic E-state index is 0. The van der Waals surface area contributed by atoms with Crippen molar-refractivity contribution in [2.24, 2.45) is 4.99 Å². The van der Waals surface area contributed by atoms with E-state index in [2.05, 4.69) is 25.3 Å².